The third-order valence-corrected chi connectivity index (χ3v) is 4.70. The highest BCUT2D eigenvalue weighted by Gasteiger charge is 2.20. The molecule has 0 radical (unpaired) electrons. The molecule has 0 bridgehead atoms. The van der Waals surface area contributed by atoms with Crippen LogP contribution in [0.25, 0.3) is 0 Å². The summed E-state index contributed by atoms with van der Waals surface area (Å²) in [7, 11) is 1.93. The number of furan rings is 1. The highest BCUT2D eigenvalue weighted by molar-refractivity contribution is 7.98. The fraction of sp³-hybridized carbons (Fsp3) is 0.533. The number of hydrogen-bond donors (Lipinski definition) is 0. The maximum absolute atomic E-state index is 11.9. The monoisotopic (exact) mass is 352 g/mol. The van der Waals surface area contributed by atoms with Gasteiger partial charge in [-0.05, 0) is 13.0 Å². The van der Waals surface area contributed by atoms with Crippen molar-refractivity contribution in [3.05, 3.63) is 23.7 Å². The summed E-state index contributed by atoms with van der Waals surface area (Å²) in [6.07, 6.45) is 1.50. The fourth-order valence-corrected chi connectivity index (χ4v) is 3.30. The van der Waals surface area contributed by atoms with Gasteiger partial charge in [-0.3, -0.25) is 4.57 Å². The number of thioether (sulfide) groups is 1. The Morgan fingerprint density at radius 2 is 2.17 bits per heavy atom. The number of carbonyl (C=O) groups excluding carboxylic acids is 1. The molecule has 2 aromatic rings. The molecule has 24 heavy (non-hydrogen) atoms. The number of aromatic nitrogens is 3. The van der Waals surface area contributed by atoms with Gasteiger partial charge in [-0.15, -0.1) is 10.2 Å². The van der Waals surface area contributed by atoms with Gasteiger partial charge in [0, 0.05) is 20.1 Å². The third kappa shape index (κ3) is 3.57. The van der Waals surface area contributed by atoms with Crippen LogP contribution in [0.3, 0.4) is 0 Å². The molecule has 9 heteroatoms. The van der Waals surface area contributed by atoms with Crippen LogP contribution in [0.4, 0.5) is 5.95 Å². The number of rotatable bonds is 6. The first-order chi connectivity index (χ1) is 11.7. The first kappa shape index (κ1) is 16.8. The van der Waals surface area contributed by atoms with Crippen LogP contribution in [-0.2, 0) is 22.3 Å². The quantitative estimate of drug-likeness (QED) is 0.574. The normalized spacial score (nSPS) is 14.8. The van der Waals surface area contributed by atoms with Gasteiger partial charge in [0.25, 0.3) is 0 Å². The Hall–Kier alpha value is -2.00. The molecule has 0 spiro atoms. The molecule has 1 saturated heterocycles. The van der Waals surface area contributed by atoms with E-state index in [-0.39, 0.29) is 5.97 Å². The summed E-state index contributed by atoms with van der Waals surface area (Å²) in [4.78, 5) is 14.0. The number of esters is 1. The lowest BCUT2D eigenvalue weighted by Gasteiger charge is -2.27. The van der Waals surface area contributed by atoms with E-state index in [1.165, 1.54) is 18.0 Å². The van der Waals surface area contributed by atoms with Crippen LogP contribution in [0.1, 0.15) is 23.0 Å². The van der Waals surface area contributed by atoms with Gasteiger partial charge in [0.1, 0.15) is 11.3 Å². The van der Waals surface area contributed by atoms with E-state index in [0.29, 0.717) is 36.9 Å². The van der Waals surface area contributed by atoms with E-state index in [9.17, 15) is 4.79 Å². The molecule has 0 amide bonds. The van der Waals surface area contributed by atoms with Gasteiger partial charge < -0.3 is 18.8 Å². The summed E-state index contributed by atoms with van der Waals surface area (Å²) in [5.74, 6) is 1.52. The maximum atomic E-state index is 11.9. The number of nitrogens with zero attached hydrogens (tertiary/aromatic N) is 4. The first-order valence-electron chi connectivity index (χ1n) is 7.79. The molecule has 3 heterocycles. The lowest BCUT2D eigenvalue weighted by Crippen LogP contribution is -2.37. The third-order valence-electron chi connectivity index (χ3n) is 3.68. The average molecular weight is 352 g/mol. The van der Waals surface area contributed by atoms with E-state index >= 15 is 0 Å². The summed E-state index contributed by atoms with van der Waals surface area (Å²) in [6, 6.07) is 1.63. The van der Waals surface area contributed by atoms with Crippen molar-refractivity contribution in [2.75, 3.05) is 37.8 Å². The zero-order chi connectivity index (χ0) is 16.9. The Kier molecular flexibility index (Phi) is 5.41. The van der Waals surface area contributed by atoms with Crippen LogP contribution in [-0.4, -0.2) is 53.6 Å². The van der Waals surface area contributed by atoms with Crippen LogP contribution in [0.5, 0.6) is 0 Å². The van der Waals surface area contributed by atoms with Crippen molar-refractivity contribution >= 4 is 23.7 Å². The molecule has 0 saturated carbocycles. The maximum Gasteiger partial charge on any atom is 0.341 e. The molecule has 0 N–H and O–H groups in total. The highest BCUT2D eigenvalue weighted by atomic mass is 32.2. The number of carbonyl (C=O) groups is 1. The number of anilines is 1. The largest absolute Gasteiger partial charge is 0.468 e. The molecule has 0 atom stereocenters. The minimum Gasteiger partial charge on any atom is -0.468 e. The van der Waals surface area contributed by atoms with Crippen LogP contribution >= 0.6 is 11.8 Å². The highest BCUT2D eigenvalue weighted by Crippen LogP contribution is 2.26. The van der Waals surface area contributed by atoms with E-state index in [1.54, 1.807) is 13.0 Å². The van der Waals surface area contributed by atoms with Crippen molar-refractivity contribution < 1.29 is 18.7 Å². The predicted octanol–water partition coefficient (Wildman–Crippen LogP) is 1.71. The van der Waals surface area contributed by atoms with E-state index in [2.05, 4.69) is 15.1 Å². The SMILES string of the molecule is CCOC(=O)c1ccoc1CSc1nnc(N2CCOCC2)n1C. The average Bonchev–Trinajstić information content (AvgIpc) is 3.21. The molecule has 2 aromatic heterocycles. The van der Waals surface area contributed by atoms with Crippen LogP contribution < -0.4 is 4.90 Å². The Morgan fingerprint density at radius 1 is 1.38 bits per heavy atom. The van der Waals surface area contributed by atoms with Crippen LogP contribution in [0, 0.1) is 0 Å². The van der Waals surface area contributed by atoms with Crippen LogP contribution in [0.2, 0.25) is 0 Å². The lowest BCUT2D eigenvalue weighted by molar-refractivity contribution is 0.0524. The summed E-state index contributed by atoms with van der Waals surface area (Å²) < 4.78 is 17.7. The summed E-state index contributed by atoms with van der Waals surface area (Å²) >= 11 is 1.47. The van der Waals surface area contributed by atoms with Crippen molar-refractivity contribution in [3.63, 3.8) is 0 Å². The van der Waals surface area contributed by atoms with Gasteiger partial charge in [-0.2, -0.15) is 0 Å². The van der Waals surface area contributed by atoms with E-state index in [0.717, 1.165) is 24.2 Å². The van der Waals surface area contributed by atoms with Gasteiger partial charge >= 0.3 is 5.97 Å². The van der Waals surface area contributed by atoms with Gasteiger partial charge in [0.15, 0.2) is 5.16 Å². The van der Waals surface area contributed by atoms with Gasteiger partial charge in [-0.25, -0.2) is 4.79 Å². The van der Waals surface area contributed by atoms with Crippen molar-refractivity contribution in [1.29, 1.82) is 0 Å². The van der Waals surface area contributed by atoms with Crippen molar-refractivity contribution in [2.45, 2.75) is 17.8 Å². The topological polar surface area (TPSA) is 82.6 Å². The molecule has 130 valence electrons. The Balaban J connectivity index is 1.66. The minimum atomic E-state index is -0.367. The van der Waals surface area contributed by atoms with Gasteiger partial charge in [0.05, 0.1) is 31.8 Å². The van der Waals surface area contributed by atoms with Crippen molar-refractivity contribution in [1.82, 2.24) is 14.8 Å². The molecule has 0 aliphatic carbocycles. The number of ether oxygens (including phenoxy) is 2. The summed E-state index contributed by atoms with van der Waals surface area (Å²) in [6.45, 7) is 5.13. The van der Waals surface area contributed by atoms with E-state index in [1.807, 2.05) is 11.6 Å². The van der Waals surface area contributed by atoms with E-state index in [4.69, 9.17) is 13.9 Å². The van der Waals surface area contributed by atoms with Gasteiger partial charge in [0.2, 0.25) is 5.95 Å². The smallest absolute Gasteiger partial charge is 0.341 e. The number of hydrogen-bond acceptors (Lipinski definition) is 8. The Bertz CT molecular complexity index is 693. The van der Waals surface area contributed by atoms with Crippen LogP contribution in [0.15, 0.2) is 21.9 Å². The predicted molar refractivity (Wildman–Crippen MR) is 88.3 cm³/mol. The molecule has 3 rings (SSSR count). The standard InChI is InChI=1S/C15H20N4O4S/c1-3-22-13(20)11-4-7-23-12(11)10-24-15-17-16-14(18(15)2)19-5-8-21-9-6-19/h4,7H,3,5-6,8-10H2,1-2H3. The van der Waals surface area contributed by atoms with E-state index < -0.39 is 0 Å². The number of morpholine rings is 1. The lowest BCUT2D eigenvalue weighted by atomic mass is 10.3. The minimum absolute atomic E-state index is 0.336. The second-order valence-corrected chi connectivity index (χ2v) is 6.15. The zero-order valence-electron chi connectivity index (χ0n) is 13.7. The Morgan fingerprint density at radius 3 is 2.92 bits per heavy atom. The molecule has 0 aromatic carbocycles. The van der Waals surface area contributed by atoms with Crippen molar-refractivity contribution in [3.8, 4) is 0 Å². The summed E-state index contributed by atoms with van der Waals surface area (Å²) in [5, 5.41) is 9.27. The van der Waals surface area contributed by atoms with Gasteiger partial charge in [-0.1, -0.05) is 11.8 Å². The fourth-order valence-electron chi connectivity index (χ4n) is 2.44. The molecule has 1 aliphatic rings. The first-order valence-corrected chi connectivity index (χ1v) is 8.77. The second-order valence-electron chi connectivity index (χ2n) is 5.21. The molecule has 1 aliphatic heterocycles. The van der Waals surface area contributed by atoms with Crippen molar-refractivity contribution in [2.24, 2.45) is 7.05 Å². The molecular formula is C15H20N4O4S. The molecular weight excluding hydrogens is 332 g/mol. The zero-order valence-corrected chi connectivity index (χ0v) is 14.5. The molecule has 8 nitrogen and oxygen atoms in total. The molecule has 0 unspecified atom stereocenters. The Labute approximate surface area is 144 Å². The second kappa shape index (κ2) is 7.71. The summed E-state index contributed by atoms with van der Waals surface area (Å²) in [5.41, 5.74) is 0.458. The molecule has 1 fully saturated rings.